The van der Waals surface area contributed by atoms with Crippen molar-refractivity contribution in [1.82, 2.24) is 10.6 Å². The Bertz CT molecular complexity index is 968. The van der Waals surface area contributed by atoms with Crippen molar-refractivity contribution in [3.8, 4) is 0 Å². The number of thiophene rings is 1. The third kappa shape index (κ3) is 5.14. The lowest BCUT2D eigenvalue weighted by atomic mass is 10.1. The lowest BCUT2D eigenvalue weighted by molar-refractivity contribution is -0.118. The summed E-state index contributed by atoms with van der Waals surface area (Å²) in [5.41, 5.74) is 1.36. The van der Waals surface area contributed by atoms with E-state index in [2.05, 4.69) is 10.6 Å². The second-order valence-corrected chi connectivity index (χ2v) is 7.12. The molecule has 0 aliphatic rings. The second-order valence-electron chi connectivity index (χ2n) is 6.14. The van der Waals surface area contributed by atoms with Crippen LogP contribution in [0.4, 0.5) is 4.39 Å². The highest BCUT2D eigenvalue weighted by molar-refractivity contribution is 7.10. The molecular weight excluding hydrogens is 375 g/mol. The molecule has 0 saturated heterocycles. The molecule has 1 atom stereocenters. The van der Waals surface area contributed by atoms with Crippen LogP contribution in [0, 0.1) is 5.82 Å². The Labute approximate surface area is 166 Å². The molecule has 2 aromatic carbocycles. The summed E-state index contributed by atoms with van der Waals surface area (Å²) in [5, 5.41) is 7.43. The maximum absolute atomic E-state index is 13.1. The fourth-order valence-electron chi connectivity index (χ4n) is 2.57. The summed E-state index contributed by atoms with van der Waals surface area (Å²) >= 11 is 1.46. The van der Waals surface area contributed by atoms with Gasteiger partial charge in [0.15, 0.2) is 0 Å². The molecule has 0 bridgehead atoms. The number of hydrogen-bond acceptors (Lipinski definition) is 3. The van der Waals surface area contributed by atoms with E-state index < -0.39 is 5.91 Å². The van der Waals surface area contributed by atoms with Crippen LogP contribution in [0.5, 0.6) is 0 Å². The molecule has 0 aliphatic carbocycles. The molecular formula is C22H19FN2O2S. The lowest BCUT2D eigenvalue weighted by Crippen LogP contribution is -2.36. The van der Waals surface area contributed by atoms with Crippen LogP contribution in [-0.4, -0.2) is 11.8 Å². The zero-order valence-electron chi connectivity index (χ0n) is 15.2. The van der Waals surface area contributed by atoms with E-state index in [0.717, 1.165) is 10.4 Å². The van der Waals surface area contributed by atoms with Gasteiger partial charge in [0.25, 0.3) is 11.8 Å². The molecule has 0 unspecified atom stereocenters. The minimum atomic E-state index is -0.422. The predicted molar refractivity (Wildman–Crippen MR) is 109 cm³/mol. The molecule has 142 valence electrons. The Morgan fingerprint density at radius 1 is 1.00 bits per heavy atom. The summed E-state index contributed by atoms with van der Waals surface area (Å²) in [6.45, 7) is 1.80. The maximum Gasteiger partial charge on any atom is 0.268 e. The summed E-state index contributed by atoms with van der Waals surface area (Å²) in [6, 6.07) is 18.0. The van der Waals surface area contributed by atoms with Gasteiger partial charge in [0.05, 0.1) is 6.04 Å². The van der Waals surface area contributed by atoms with Crippen molar-refractivity contribution >= 4 is 29.2 Å². The third-order valence-electron chi connectivity index (χ3n) is 4.08. The first kappa shape index (κ1) is 19.5. The van der Waals surface area contributed by atoms with E-state index >= 15 is 0 Å². The van der Waals surface area contributed by atoms with Gasteiger partial charge >= 0.3 is 0 Å². The first-order chi connectivity index (χ1) is 13.5. The fraction of sp³-hybridized carbons (Fsp3) is 0.0909. The van der Waals surface area contributed by atoms with Crippen LogP contribution in [0.2, 0.25) is 0 Å². The number of halogens is 1. The molecule has 0 radical (unpaired) electrons. The molecule has 1 aromatic heterocycles. The maximum atomic E-state index is 13.1. The van der Waals surface area contributed by atoms with E-state index in [-0.39, 0.29) is 23.5 Å². The first-order valence-corrected chi connectivity index (χ1v) is 9.59. The normalized spacial score (nSPS) is 12.3. The predicted octanol–water partition coefficient (Wildman–Crippen LogP) is 4.54. The molecule has 1 heterocycles. The highest BCUT2D eigenvalue weighted by atomic mass is 32.1. The largest absolute Gasteiger partial charge is 0.344 e. The summed E-state index contributed by atoms with van der Waals surface area (Å²) in [6.07, 6.45) is 1.64. The number of benzene rings is 2. The Morgan fingerprint density at radius 2 is 1.71 bits per heavy atom. The number of nitrogens with one attached hydrogen (secondary N) is 2. The molecule has 3 aromatic rings. The molecule has 4 nitrogen and oxygen atoms in total. The van der Waals surface area contributed by atoms with Crippen molar-refractivity contribution < 1.29 is 14.0 Å². The lowest BCUT2D eigenvalue weighted by Gasteiger charge is -2.16. The highest BCUT2D eigenvalue weighted by Crippen LogP contribution is 2.16. The van der Waals surface area contributed by atoms with Crippen LogP contribution in [0.15, 0.2) is 77.8 Å². The van der Waals surface area contributed by atoms with Crippen LogP contribution in [0.25, 0.3) is 6.08 Å². The van der Waals surface area contributed by atoms with E-state index in [1.54, 1.807) is 49.4 Å². The summed E-state index contributed by atoms with van der Waals surface area (Å²) in [7, 11) is 0. The minimum absolute atomic E-state index is 0.144. The van der Waals surface area contributed by atoms with Gasteiger partial charge in [-0.1, -0.05) is 36.4 Å². The Hall–Kier alpha value is -3.25. The smallest absolute Gasteiger partial charge is 0.268 e. The van der Waals surface area contributed by atoms with E-state index in [1.807, 2.05) is 23.6 Å². The van der Waals surface area contributed by atoms with Crippen molar-refractivity contribution in [3.05, 3.63) is 99.6 Å². The zero-order chi connectivity index (χ0) is 19.9. The summed E-state index contributed by atoms with van der Waals surface area (Å²) < 4.78 is 13.1. The van der Waals surface area contributed by atoms with Crippen molar-refractivity contribution in [2.45, 2.75) is 13.0 Å². The Morgan fingerprint density at radius 3 is 2.36 bits per heavy atom. The Kier molecular flexibility index (Phi) is 6.34. The molecule has 2 amide bonds. The average Bonchev–Trinajstić information content (AvgIpc) is 3.21. The van der Waals surface area contributed by atoms with Crippen molar-refractivity contribution in [2.75, 3.05) is 0 Å². The number of hydrogen-bond donors (Lipinski definition) is 2. The molecule has 0 spiro atoms. The van der Waals surface area contributed by atoms with Gasteiger partial charge in [-0.25, -0.2) is 4.39 Å². The van der Waals surface area contributed by atoms with E-state index in [4.69, 9.17) is 0 Å². The summed E-state index contributed by atoms with van der Waals surface area (Å²) in [5.74, 6) is -1.13. The van der Waals surface area contributed by atoms with Crippen molar-refractivity contribution in [2.24, 2.45) is 0 Å². The van der Waals surface area contributed by atoms with Crippen LogP contribution in [0.3, 0.4) is 0 Å². The van der Waals surface area contributed by atoms with Crippen LogP contribution >= 0.6 is 11.3 Å². The molecule has 6 heteroatoms. The van der Waals surface area contributed by atoms with E-state index in [0.29, 0.717) is 5.56 Å². The molecule has 3 rings (SSSR count). The SMILES string of the molecule is C[C@H](NC(=O)/C(=C/c1cccs1)NC(=O)c1ccccc1)c1ccc(F)cc1. The van der Waals surface area contributed by atoms with Gasteiger partial charge in [0.1, 0.15) is 11.5 Å². The van der Waals surface area contributed by atoms with Gasteiger partial charge in [-0.05, 0) is 54.3 Å². The van der Waals surface area contributed by atoms with Crippen molar-refractivity contribution in [1.29, 1.82) is 0 Å². The molecule has 0 fully saturated rings. The fourth-order valence-corrected chi connectivity index (χ4v) is 3.22. The molecule has 0 saturated carbocycles. The van der Waals surface area contributed by atoms with Crippen LogP contribution in [-0.2, 0) is 4.79 Å². The van der Waals surface area contributed by atoms with Gasteiger partial charge in [-0.2, -0.15) is 0 Å². The number of amides is 2. The van der Waals surface area contributed by atoms with Gasteiger partial charge in [0.2, 0.25) is 0 Å². The quantitative estimate of drug-likeness (QED) is 0.603. The average molecular weight is 394 g/mol. The number of rotatable bonds is 6. The topological polar surface area (TPSA) is 58.2 Å². The third-order valence-corrected chi connectivity index (χ3v) is 4.90. The van der Waals surface area contributed by atoms with Gasteiger partial charge in [-0.3, -0.25) is 9.59 Å². The van der Waals surface area contributed by atoms with Crippen molar-refractivity contribution in [3.63, 3.8) is 0 Å². The highest BCUT2D eigenvalue weighted by Gasteiger charge is 2.17. The molecule has 0 aliphatic heterocycles. The van der Waals surface area contributed by atoms with Gasteiger partial charge in [0, 0.05) is 10.4 Å². The molecule has 28 heavy (non-hydrogen) atoms. The van der Waals surface area contributed by atoms with E-state index in [1.165, 1.54) is 23.5 Å². The first-order valence-electron chi connectivity index (χ1n) is 8.71. The zero-order valence-corrected chi connectivity index (χ0v) is 16.0. The molecule has 2 N–H and O–H groups in total. The van der Waals surface area contributed by atoms with Crippen LogP contribution in [0.1, 0.15) is 33.8 Å². The number of carbonyl (C=O) groups excluding carboxylic acids is 2. The Balaban J connectivity index is 1.79. The number of carbonyl (C=O) groups is 2. The summed E-state index contributed by atoms with van der Waals surface area (Å²) in [4.78, 5) is 26.2. The van der Waals surface area contributed by atoms with E-state index in [9.17, 15) is 14.0 Å². The van der Waals surface area contributed by atoms with Crippen LogP contribution < -0.4 is 10.6 Å². The minimum Gasteiger partial charge on any atom is -0.344 e. The standard InChI is InChI=1S/C22H19FN2O2S/c1-15(16-9-11-18(23)12-10-16)24-22(27)20(14-19-8-5-13-28-19)25-21(26)17-6-3-2-4-7-17/h2-15H,1H3,(H,24,27)(H,25,26)/b20-14-/t15-/m0/s1. The second kappa shape index (κ2) is 9.10. The monoisotopic (exact) mass is 394 g/mol. The van der Waals surface area contributed by atoms with Gasteiger partial charge in [-0.15, -0.1) is 11.3 Å². The van der Waals surface area contributed by atoms with Gasteiger partial charge < -0.3 is 10.6 Å².